The summed E-state index contributed by atoms with van der Waals surface area (Å²) in [6, 6.07) is 0. The van der Waals surface area contributed by atoms with Crippen LogP contribution >= 0.6 is 0 Å². The van der Waals surface area contributed by atoms with E-state index in [1.807, 2.05) is 6.92 Å². The summed E-state index contributed by atoms with van der Waals surface area (Å²) in [4.78, 5) is 24.2. The van der Waals surface area contributed by atoms with Crippen LogP contribution in [-0.4, -0.2) is 17.9 Å². The standard InChI is InChI=1S/C24H32O3/c1-4-19(26)27-22-16-11-15(16)21-20-14-10-13(14)18-9-12(25)5-7-23(18,2)17(20)6-8-24(21,22)3/h9,13-17,20-22H,4-8,10-11H2,1-3H3. The Kier molecular flexibility index (Phi) is 3.16. The quantitative estimate of drug-likeness (QED) is 0.672. The normalized spacial score (nSPS) is 56.7. The number of carbonyl (C=O) groups is 2. The SMILES string of the molecule is CCC(=O)OC1C2CC2C2C3C4CC4C4=CC(=O)CCC4(C)C3CCC12C. The van der Waals surface area contributed by atoms with E-state index in [0.717, 1.165) is 42.4 Å². The van der Waals surface area contributed by atoms with Gasteiger partial charge < -0.3 is 4.74 Å². The Morgan fingerprint density at radius 3 is 2.78 bits per heavy atom. The molecule has 6 rings (SSSR count). The van der Waals surface area contributed by atoms with Crippen LogP contribution < -0.4 is 0 Å². The zero-order chi connectivity index (χ0) is 18.7. The second kappa shape index (κ2) is 5.07. The van der Waals surface area contributed by atoms with Gasteiger partial charge in [-0.15, -0.1) is 0 Å². The second-order valence-electron chi connectivity index (χ2n) is 11.1. The van der Waals surface area contributed by atoms with E-state index in [-0.39, 0.29) is 22.9 Å². The van der Waals surface area contributed by atoms with Gasteiger partial charge in [-0.25, -0.2) is 0 Å². The fourth-order valence-electron chi connectivity index (χ4n) is 8.73. The first-order valence-electron chi connectivity index (χ1n) is 11.3. The zero-order valence-electron chi connectivity index (χ0n) is 16.9. The van der Waals surface area contributed by atoms with Crippen LogP contribution in [0.15, 0.2) is 11.6 Å². The average Bonchev–Trinajstić information content (AvgIpc) is 3.54. The number of hydrogen-bond acceptors (Lipinski definition) is 3. The van der Waals surface area contributed by atoms with Crippen LogP contribution in [0.1, 0.15) is 65.7 Å². The van der Waals surface area contributed by atoms with Gasteiger partial charge in [-0.2, -0.15) is 0 Å². The van der Waals surface area contributed by atoms with Crippen molar-refractivity contribution in [1.82, 2.24) is 0 Å². The molecule has 0 aromatic rings. The number of ether oxygens (including phenoxy) is 1. The number of ketones is 1. The van der Waals surface area contributed by atoms with Gasteiger partial charge in [0.2, 0.25) is 0 Å². The third-order valence-corrected chi connectivity index (χ3v) is 9.99. The Morgan fingerprint density at radius 1 is 1.19 bits per heavy atom. The highest BCUT2D eigenvalue weighted by molar-refractivity contribution is 5.92. The van der Waals surface area contributed by atoms with Gasteiger partial charge in [0.1, 0.15) is 6.10 Å². The summed E-state index contributed by atoms with van der Waals surface area (Å²) >= 11 is 0. The minimum Gasteiger partial charge on any atom is -0.461 e. The van der Waals surface area contributed by atoms with Crippen LogP contribution in [-0.2, 0) is 14.3 Å². The molecule has 10 atom stereocenters. The van der Waals surface area contributed by atoms with Crippen molar-refractivity contribution in [3.05, 3.63) is 11.6 Å². The first-order chi connectivity index (χ1) is 12.9. The summed E-state index contributed by atoms with van der Waals surface area (Å²) in [5.74, 6) is 5.52. The Balaban J connectivity index is 1.37. The van der Waals surface area contributed by atoms with Gasteiger partial charge in [0.15, 0.2) is 5.78 Å². The number of carbonyl (C=O) groups excluding carboxylic acids is 2. The van der Waals surface area contributed by atoms with E-state index in [2.05, 4.69) is 19.9 Å². The molecule has 0 bridgehead atoms. The van der Waals surface area contributed by atoms with Gasteiger partial charge >= 0.3 is 5.97 Å². The largest absolute Gasteiger partial charge is 0.461 e. The molecule has 0 radical (unpaired) electrons. The molecule has 10 unspecified atom stereocenters. The minimum atomic E-state index is -0.00874. The van der Waals surface area contributed by atoms with E-state index in [1.54, 1.807) is 0 Å². The zero-order valence-corrected chi connectivity index (χ0v) is 16.9. The van der Waals surface area contributed by atoms with E-state index in [1.165, 1.54) is 31.3 Å². The first-order valence-corrected chi connectivity index (χ1v) is 11.3. The van der Waals surface area contributed by atoms with E-state index < -0.39 is 0 Å². The molecule has 0 aromatic heterocycles. The molecule has 146 valence electrons. The fourth-order valence-corrected chi connectivity index (χ4v) is 8.73. The molecule has 5 saturated carbocycles. The summed E-state index contributed by atoms with van der Waals surface area (Å²) in [5.41, 5.74) is 1.96. The monoisotopic (exact) mass is 368 g/mol. The summed E-state index contributed by atoms with van der Waals surface area (Å²) < 4.78 is 6.07. The summed E-state index contributed by atoms with van der Waals surface area (Å²) in [6.45, 7) is 6.84. The van der Waals surface area contributed by atoms with Crippen molar-refractivity contribution in [2.75, 3.05) is 0 Å². The molecular weight excluding hydrogens is 336 g/mol. The van der Waals surface area contributed by atoms with Gasteiger partial charge in [0.25, 0.3) is 0 Å². The van der Waals surface area contributed by atoms with Crippen LogP contribution in [0, 0.1) is 52.3 Å². The van der Waals surface area contributed by atoms with Crippen molar-refractivity contribution < 1.29 is 14.3 Å². The van der Waals surface area contributed by atoms with Crippen LogP contribution in [0.4, 0.5) is 0 Å². The van der Waals surface area contributed by atoms with Crippen molar-refractivity contribution in [3.63, 3.8) is 0 Å². The topological polar surface area (TPSA) is 43.4 Å². The highest BCUT2D eigenvalue weighted by atomic mass is 16.5. The van der Waals surface area contributed by atoms with Crippen LogP contribution in [0.5, 0.6) is 0 Å². The van der Waals surface area contributed by atoms with Crippen molar-refractivity contribution >= 4 is 11.8 Å². The molecule has 0 aromatic carbocycles. The van der Waals surface area contributed by atoms with Crippen LogP contribution in [0.3, 0.4) is 0 Å². The lowest BCUT2D eigenvalue weighted by atomic mass is 9.46. The Morgan fingerprint density at radius 2 is 2.00 bits per heavy atom. The van der Waals surface area contributed by atoms with Crippen molar-refractivity contribution in [2.45, 2.75) is 71.8 Å². The predicted molar refractivity (Wildman–Crippen MR) is 102 cm³/mol. The molecule has 27 heavy (non-hydrogen) atoms. The Bertz CT molecular complexity index is 768. The Labute approximate surface area is 162 Å². The van der Waals surface area contributed by atoms with Gasteiger partial charge in [0, 0.05) is 18.3 Å². The summed E-state index contributed by atoms with van der Waals surface area (Å²) in [5, 5.41) is 0. The molecule has 0 spiro atoms. The lowest BCUT2D eigenvalue weighted by Crippen LogP contribution is -2.54. The van der Waals surface area contributed by atoms with E-state index in [9.17, 15) is 9.59 Å². The van der Waals surface area contributed by atoms with Gasteiger partial charge in [-0.1, -0.05) is 26.3 Å². The fraction of sp³-hybridized carbons (Fsp3) is 0.833. The maximum Gasteiger partial charge on any atom is 0.305 e. The van der Waals surface area contributed by atoms with Gasteiger partial charge in [-0.05, 0) is 85.0 Å². The minimum absolute atomic E-state index is 0.00874. The van der Waals surface area contributed by atoms with Gasteiger partial charge in [0.05, 0.1) is 0 Å². The highest BCUT2D eigenvalue weighted by Crippen LogP contribution is 2.78. The molecule has 0 heterocycles. The maximum absolute atomic E-state index is 12.1. The molecule has 3 heteroatoms. The molecule has 0 N–H and O–H groups in total. The molecule has 0 saturated heterocycles. The number of rotatable bonds is 2. The van der Waals surface area contributed by atoms with Crippen LogP contribution in [0.2, 0.25) is 0 Å². The maximum atomic E-state index is 12.1. The average molecular weight is 369 g/mol. The molecule has 0 amide bonds. The van der Waals surface area contributed by atoms with Crippen molar-refractivity contribution in [2.24, 2.45) is 52.3 Å². The highest BCUT2D eigenvalue weighted by Gasteiger charge is 2.75. The van der Waals surface area contributed by atoms with Gasteiger partial charge in [-0.3, -0.25) is 9.59 Å². The lowest BCUT2D eigenvalue weighted by molar-refractivity contribution is -0.164. The van der Waals surface area contributed by atoms with Crippen LogP contribution in [0.25, 0.3) is 0 Å². The molecule has 6 aliphatic carbocycles. The third-order valence-electron chi connectivity index (χ3n) is 9.99. The smallest absolute Gasteiger partial charge is 0.305 e. The predicted octanol–water partition coefficient (Wildman–Crippen LogP) is 4.55. The van der Waals surface area contributed by atoms with Crippen molar-refractivity contribution in [1.29, 1.82) is 0 Å². The number of fused-ring (bicyclic) bond motifs is 10. The summed E-state index contributed by atoms with van der Waals surface area (Å²) in [6.07, 6.45) is 9.55. The molecule has 6 aliphatic rings. The molecule has 5 fully saturated rings. The molecule has 0 aliphatic heterocycles. The van der Waals surface area contributed by atoms with E-state index in [0.29, 0.717) is 24.0 Å². The Hall–Kier alpha value is -1.12. The lowest BCUT2D eigenvalue weighted by Gasteiger charge is -2.58. The second-order valence-corrected chi connectivity index (χ2v) is 11.1. The molecular formula is C24H32O3. The third kappa shape index (κ3) is 1.99. The van der Waals surface area contributed by atoms with Crippen molar-refractivity contribution in [3.8, 4) is 0 Å². The molecule has 3 nitrogen and oxygen atoms in total. The number of allylic oxidation sites excluding steroid dienone is 1. The number of hydrogen-bond donors (Lipinski definition) is 0. The summed E-state index contributed by atoms with van der Waals surface area (Å²) in [7, 11) is 0. The van der Waals surface area contributed by atoms with E-state index >= 15 is 0 Å². The number of esters is 1. The van der Waals surface area contributed by atoms with E-state index in [4.69, 9.17) is 4.74 Å². The first kappa shape index (κ1) is 16.8.